The van der Waals surface area contributed by atoms with Crippen molar-refractivity contribution >= 4 is 17.0 Å². The zero-order chi connectivity index (χ0) is 20.6. The zero-order valence-electron chi connectivity index (χ0n) is 15.1. The summed E-state index contributed by atoms with van der Waals surface area (Å²) >= 11 is 0. The van der Waals surface area contributed by atoms with Crippen LogP contribution in [-0.2, 0) is 24.6 Å². The molecule has 29 heavy (non-hydrogen) atoms. The van der Waals surface area contributed by atoms with Crippen LogP contribution in [0.5, 0.6) is 0 Å². The van der Waals surface area contributed by atoms with Crippen molar-refractivity contribution in [1.82, 2.24) is 24.7 Å². The molecule has 0 amide bonds. The number of aryl methyl sites for hydroxylation is 1. The van der Waals surface area contributed by atoms with Gasteiger partial charge in [0.25, 0.3) is 0 Å². The maximum atomic E-state index is 12.9. The van der Waals surface area contributed by atoms with Crippen LogP contribution in [-0.4, -0.2) is 30.7 Å². The van der Waals surface area contributed by atoms with Gasteiger partial charge in [0.05, 0.1) is 22.2 Å². The first-order valence-corrected chi connectivity index (χ1v) is 8.48. The number of fused-ring (bicyclic) bond motifs is 1. The van der Waals surface area contributed by atoms with Gasteiger partial charge in [0, 0.05) is 12.6 Å². The molecule has 10 heteroatoms. The van der Waals surface area contributed by atoms with E-state index in [1.807, 2.05) is 0 Å². The van der Waals surface area contributed by atoms with Gasteiger partial charge in [-0.2, -0.15) is 18.3 Å². The molecule has 0 aliphatic rings. The van der Waals surface area contributed by atoms with E-state index in [1.54, 1.807) is 35.9 Å². The maximum Gasteiger partial charge on any atom is 0.416 e. The van der Waals surface area contributed by atoms with Crippen LogP contribution in [0.3, 0.4) is 0 Å². The number of H-pyrrole nitrogens is 1. The number of ether oxygens (including phenoxy) is 1. The van der Waals surface area contributed by atoms with Gasteiger partial charge >= 0.3 is 12.1 Å². The maximum absolute atomic E-state index is 12.9. The topological polar surface area (TPSA) is 85.7 Å². The normalized spacial score (nSPS) is 11.7. The summed E-state index contributed by atoms with van der Waals surface area (Å²) < 4.78 is 45.5. The number of benzene rings is 2. The minimum atomic E-state index is -4.45. The number of halogens is 3. The molecule has 4 rings (SSSR count). The number of carbonyl (C=O) groups excluding carboxylic acids is 1. The lowest BCUT2D eigenvalue weighted by Crippen LogP contribution is -2.08. The van der Waals surface area contributed by atoms with Crippen LogP contribution in [0.2, 0.25) is 0 Å². The molecule has 0 spiro atoms. The van der Waals surface area contributed by atoms with E-state index in [9.17, 15) is 18.0 Å². The quantitative estimate of drug-likeness (QED) is 0.527. The minimum Gasteiger partial charge on any atom is -0.454 e. The highest BCUT2D eigenvalue weighted by Crippen LogP contribution is 2.31. The Balaban J connectivity index is 1.49. The molecule has 4 aromatic rings. The average molecular weight is 401 g/mol. The van der Waals surface area contributed by atoms with Crippen LogP contribution >= 0.6 is 0 Å². The lowest BCUT2D eigenvalue weighted by molar-refractivity contribution is -0.137. The van der Waals surface area contributed by atoms with Gasteiger partial charge in [-0.15, -0.1) is 0 Å². The van der Waals surface area contributed by atoms with Crippen LogP contribution in [0.1, 0.15) is 21.7 Å². The summed E-state index contributed by atoms with van der Waals surface area (Å²) in [6.45, 7) is -0.171. The number of rotatable bonds is 4. The molecule has 2 aromatic carbocycles. The molecule has 2 heterocycles. The van der Waals surface area contributed by atoms with Gasteiger partial charge in [0.15, 0.2) is 5.82 Å². The number of carbonyl (C=O) groups is 1. The van der Waals surface area contributed by atoms with E-state index in [0.717, 1.165) is 17.7 Å². The van der Waals surface area contributed by atoms with E-state index >= 15 is 0 Å². The number of hydrogen-bond acceptors (Lipinski definition) is 5. The molecule has 0 saturated carbocycles. The Bertz CT molecular complexity index is 1170. The van der Waals surface area contributed by atoms with Gasteiger partial charge < -0.3 is 9.30 Å². The Morgan fingerprint density at radius 1 is 1.17 bits per heavy atom. The van der Waals surface area contributed by atoms with Crippen LogP contribution in [0.25, 0.3) is 22.4 Å². The first-order valence-electron chi connectivity index (χ1n) is 8.48. The Morgan fingerprint density at radius 3 is 2.59 bits per heavy atom. The Kier molecular flexibility index (Phi) is 4.53. The van der Waals surface area contributed by atoms with Gasteiger partial charge in [-0.25, -0.2) is 14.8 Å². The predicted molar refractivity (Wildman–Crippen MR) is 96.7 cm³/mol. The van der Waals surface area contributed by atoms with Gasteiger partial charge in [-0.3, -0.25) is 5.10 Å². The highest BCUT2D eigenvalue weighted by Gasteiger charge is 2.31. The number of nitrogens with one attached hydrogen (secondary N) is 1. The number of aromatic nitrogens is 5. The van der Waals surface area contributed by atoms with E-state index in [4.69, 9.17) is 4.74 Å². The summed E-state index contributed by atoms with van der Waals surface area (Å²) in [5.74, 6) is 0.339. The zero-order valence-corrected chi connectivity index (χ0v) is 15.1. The van der Waals surface area contributed by atoms with E-state index in [1.165, 1.54) is 12.4 Å². The summed E-state index contributed by atoms with van der Waals surface area (Å²) in [4.78, 5) is 20.5. The first kappa shape index (κ1) is 18.7. The lowest BCUT2D eigenvalue weighted by atomic mass is 10.1. The second-order valence-electron chi connectivity index (χ2n) is 6.28. The van der Waals surface area contributed by atoms with Crippen LogP contribution in [0, 0.1) is 0 Å². The molecule has 148 valence electrons. The Morgan fingerprint density at radius 2 is 1.93 bits per heavy atom. The molecule has 0 fully saturated rings. The van der Waals surface area contributed by atoms with Gasteiger partial charge in [-0.05, 0) is 30.3 Å². The highest BCUT2D eigenvalue weighted by molar-refractivity contribution is 5.90. The van der Waals surface area contributed by atoms with Crippen molar-refractivity contribution in [2.75, 3.05) is 0 Å². The second kappa shape index (κ2) is 7.04. The molecule has 7 nitrogen and oxygen atoms in total. The standard InChI is InChI=1S/C19H14F3N5O2/c1-27-15-7-6-13(19(20,21)22)8-14(15)25-16(27)9-29-18(28)12-4-2-11(3-5-12)17-23-10-24-26-17/h2-8,10H,9H2,1H3,(H,23,24,26). The summed E-state index contributed by atoms with van der Waals surface area (Å²) in [7, 11) is 1.65. The molecule has 0 atom stereocenters. The number of nitrogens with zero attached hydrogens (tertiary/aromatic N) is 4. The van der Waals surface area contributed by atoms with Crippen LogP contribution in [0.15, 0.2) is 48.8 Å². The molecule has 0 unspecified atom stereocenters. The smallest absolute Gasteiger partial charge is 0.416 e. The van der Waals surface area contributed by atoms with Crippen molar-refractivity contribution in [1.29, 1.82) is 0 Å². The molecule has 0 aliphatic heterocycles. The number of imidazole rings is 1. The molecule has 0 aliphatic carbocycles. The van der Waals surface area contributed by atoms with E-state index < -0.39 is 17.7 Å². The molecule has 1 N–H and O–H groups in total. The number of aromatic amines is 1. The first-order chi connectivity index (χ1) is 13.8. The summed E-state index contributed by atoms with van der Waals surface area (Å²) in [6.07, 6.45) is -3.07. The average Bonchev–Trinajstić information content (AvgIpc) is 3.34. The minimum absolute atomic E-state index is 0.171. The van der Waals surface area contributed by atoms with Crippen LogP contribution in [0.4, 0.5) is 13.2 Å². The van der Waals surface area contributed by atoms with Crippen LogP contribution < -0.4 is 0 Å². The van der Waals surface area contributed by atoms with Crippen molar-refractivity contribution in [3.8, 4) is 11.4 Å². The van der Waals surface area contributed by atoms with E-state index in [2.05, 4.69) is 20.2 Å². The third kappa shape index (κ3) is 3.68. The molecule has 0 saturated heterocycles. The fourth-order valence-corrected chi connectivity index (χ4v) is 2.88. The second-order valence-corrected chi connectivity index (χ2v) is 6.28. The molecule has 0 radical (unpaired) electrons. The largest absolute Gasteiger partial charge is 0.454 e. The van der Waals surface area contributed by atoms with Crippen molar-refractivity contribution in [2.45, 2.75) is 12.8 Å². The SMILES string of the molecule is Cn1c(COC(=O)c2ccc(-c3ncn[nH]3)cc2)nc2cc(C(F)(F)F)ccc21. The number of esters is 1. The third-order valence-corrected chi connectivity index (χ3v) is 4.44. The predicted octanol–water partition coefficient (Wildman–Crippen LogP) is 3.73. The van der Waals surface area contributed by atoms with Gasteiger partial charge in [0.1, 0.15) is 18.8 Å². The summed E-state index contributed by atoms with van der Waals surface area (Å²) in [5.41, 5.74) is 1.00. The lowest BCUT2D eigenvalue weighted by Gasteiger charge is -2.06. The van der Waals surface area contributed by atoms with Gasteiger partial charge in [-0.1, -0.05) is 12.1 Å². The Labute approximate surface area is 162 Å². The monoisotopic (exact) mass is 401 g/mol. The highest BCUT2D eigenvalue weighted by atomic mass is 19.4. The molecule has 2 aromatic heterocycles. The summed E-state index contributed by atoms with van der Waals surface area (Å²) in [6, 6.07) is 9.89. The fourth-order valence-electron chi connectivity index (χ4n) is 2.88. The van der Waals surface area contributed by atoms with Crippen molar-refractivity contribution < 1.29 is 22.7 Å². The molecular formula is C19H14F3N5O2. The van der Waals surface area contributed by atoms with Gasteiger partial charge in [0.2, 0.25) is 0 Å². The van der Waals surface area contributed by atoms with Crippen molar-refractivity contribution in [2.24, 2.45) is 7.05 Å². The van der Waals surface area contributed by atoms with E-state index in [0.29, 0.717) is 22.7 Å². The third-order valence-electron chi connectivity index (χ3n) is 4.44. The molecule has 0 bridgehead atoms. The Hall–Kier alpha value is -3.69. The van der Waals surface area contributed by atoms with E-state index in [-0.39, 0.29) is 12.1 Å². The fraction of sp³-hybridized carbons (Fsp3) is 0.158. The van der Waals surface area contributed by atoms with Crippen molar-refractivity contribution in [3.05, 3.63) is 65.7 Å². The number of hydrogen-bond donors (Lipinski definition) is 1. The summed E-state index contributed by atoms with van der Waals surface area (Å²) in [5, 5.41) is 6.49. The van der Waals surface area contributed by atoms with Crippen molar-refractivity contribution in [3.63, 3.8) is 0 Å². The number of alkyl halides is 3. The molecular weight excluding hydrogens is 387 g/mol.